The van der Waals surface area contributed by atoms with E-state index in [0.29, 0.717) is 51.3 Å². The number of rotatable bonds is 8. The fourth-order valence-corrected chi connectivity index (χ4v) is 3.80. The Hall–Kier alpha value is -3.59. The summed E-state index contributed by atoms with van der Waals surface area (Å²) in [6, 6.07) is 5.40. The van der Waals surface area contributed by atoms with Crippen LogP contribution in [0.25, 0.3) is 33.3 Å². The van der Waals surface area contributed by atoms with Gasteiger partial charge < -0.3 is 25.1 Å². The number of benzene rings is 1. The number of hydrogen-bond acceptors (Lipinski definition) is 7. The highest BCUT2D eigenvalue weighted by Gasteiger charge is 2.29. The molecule has 4 rings (SSSR count). The number of fused-ring (bicyclic) bond motifs is 2. The van der Waals surface area contributed by atoms with Crippen LogP contribution in [-0.4, -0.2) is 52.1 Å². The summed E-state index contributed by atoms with van der Waals surface area (Å²) in [6.45, 7) is 6.21. The summed E-state index contributed by atoms with van der Waals surface area (Å²) >= 11 is 6.19. The number of anilines is 1. The third kappa shape index (κ3) is 4.43. The molecule has 0 saturated carbocycles. The largest absolute Gasteiger partial charge is 0.493 e. The summed E-state index contributed by atoms with van der Waals surface area (Å²) in [6.07, 6.45) is 4.21. The Labute approximate surface area is 205 Å². The number of pyridine rings is 1. The molecule has 3 heterocycles. The number of H-pyrrole nitrogens is 1. The van der Waals surface area contributed by atoms with Gasteiger partial charge in [-0.2, -0.15) is 0 Å². The standard InChI is InChI=1S/C24H27ClN6O3.2H2/c1-6-7-26-23(32)24(2,3)31-22-15-9-18(33-4)19(34-5)10-17(15)29-21(30-22)16-12-28-20-14(16)8-13(25)11-27-20;;/h8-12H,6-7H2,1-5H3,(H,26,32)(H,27,28)(H,29,30,31);2*1H. The van der Waals surface area contributed by atoms with E-state index in [2.05, 4.69) is 20.6 Å². The lowest BCUT2D eigenvalue weighted by atomic mass is 10.0. The lowest BCUT2D eigenvalue weighted by molar-refractivity contribution is -0.124. The first-order chi connectivity index (χ1) is 16.3. The summed E-state index contributed by atoms with van der Waals surface area (Å²) < 4.78 is 11.0. The SMILES string of the molecule is CCCNC(=O)C(C)(C)Nc1nc(-c2c[nH]c3ncc(Cl)cc23)nc2cc(OC)c(OC)cc12.[HH].[HH]. The molecule has 0 bridgehead atoms. The highest BCUT2D eigenvalue weighted by molar-refractivity contribution is 6.31. The second-order valence-electron chi connectivity index (χ2n) is 8.38. The summed E-state index contributed by atoms with van der Waals surface area (Å²) in [5.41, 5.74) is 1.09. The normalized spacial score (nSPS) is 11.6. The fourth-order valence-electron chi connectivity index (χ4n) is 3.65. The zero-order chi connectivity index (χ0) is 24.5. The summed E-state index contributed by atoms with van der Waals surface area (Å²) in [7, 11) is 3.14. The molecule has 0 aliphatic rings. The third-order valence-corrected chi connectivity index (χ3v) is 5.68. The van der Waals surface area contributed by atoms with Crippen molar-refractivity contribution in [3.63, 3.8) is 0 Å². The van der Waals surface area contributed by atoms with Gasteiger partial charge in [0.25, 0.3) is 0 Å². The van der Waals surface area contributed by atoms with Crippen LogP contribution in [0.15, 0.2) is 30.6 Å². The minimum absolute atomic E-state index is 0. The van der Waals surface area contributed by atoms with Gasteiger partial charge >= 0.3 is 0 Å². The number of halogens is 1. The fraction of sp³-hybridized carbons (Fsp3) is 0.333. The quantitative estimate of drug-likeness (QED) is 0.319. The predicted molar refractivity (Wildman–Crippen MR) is 138 cm³/mol. The number of hydrogen-bond donors (Lipinski definition) is 3. The number of amides is 1. The van der Waals surface area contributed by atoms with Gasteiger partial charge in [-0.3, -0.25) is 4.79 Å². The van der Waals surface area contributed by atoms with Crippen molar-refractivity contribution in [1.82, 2.24) is 25.3 Å². The number of ether oxygens (including phenoxy) is 2. The third-order valence-electron chi connectivity index (χ3n) is 5.47. The molecule has 0 spiro atoms. The molecule has 3 aromatic heterocycles. The van der Waals surface area contributed by atoms with E-state index in [4.69, 9.17) is 31.0 Å². The zero-order valence-electron chi connectivity index (χ0n) is 19.7. The van der Waals surface area contributed by atoms with Crippen LogP contribution in [0.4, 0.5) is 5.82 Å². The van der Waals surface area contributed by atoms with Crippen LogP contribution in [0.1, 0.15) is 30.0 Å². The lowest BCUT2D eigenvalue weighted by Crippen LogP contribution is -2.48. The number of carbonyl (C=O) groups excluding carboxylic acids is 1. The van der Waals surface area contributed by atoms with Gasteiger partial charge in [-0.05, 0) is 32.4 Å². The molecule has 9 nitrogen and oxygen atoms in total. The van der Waals surface area contributed by atoms with Crippen molar-refractivity contribution >= 4 is 45.3 Å². The Kier molecular flexibility index (Phi) is 6.47. The molecule has 0 saturated heterocycles. The molecule has 0 fully saturated rings. The van der Waals surface area contributed by atoms with Gasteiger partial charge in [0.05, 0.1) is 24.8 Å². The molecule has 0 atom stereocenters. The Balaban J connectivity index is 0.00000228. The van der Waals surface area contributed by atoms with Gasteiger partial charge in [0.15, 0.2) is 17.3 Å². The van der Waals surface area contributed by atoms with E-state index in [-0.39, 0.29) is 8.76 Å². The first-order valence-electron chi connectivity index (χ1n) is 10.9. The molecule has 0 radical (unpaired) electrons. The molecule has 3 N–H and O–H groups in total. The Morgan fingerprint density at radius 1 is 1.15 bits per heavy atom. The van der Waals surface area contributed by atoms with Crippen LogP contribution in [0, 0.1) is 0 Å². The van der Waals surface area contributed by atoms with Crippen molar-refractivity contribution in [1.29, 1.82) is 0 Å². The van der Waals surface area contributed by atoms with Crippen molar-refractivity contribution in [3.05, 3.63) is 35.6 Å². The Bertz CT molecular complexity index is 1380. The van der Waals surface area contributed by atoms with Gasteiger partial charge in [0.2, 0.25) is 5.91 Å². The van der Waals surface area contributed by atoms with E-state index in [1.807, 2.05) is 26.8 Å². The minimum Gasteiger partial charge on any atom is -0.493 e. The predicted octanol–water partition coefficient (Wildman–Crippen LogP) is 5.05. The van der Waals surface area contributed by atoms with Gasteiger partial charge in [0, 0.05) is 44.2 Å². The average Bonchev–Trinajstić information content (AvgIpc) is 3.24. The smallest absolute Gasteiger partial charge is 0.245 e. The van der Waals surface area contributed by atoms with Crippen LogP contribution >= 0.6 is 11.6 Å². The lowest BCUT2D eigenvalue weighted by Gasteiger charge is -2.26. The Morgan fingerprint density at radius 3 is 2.59 bits per heavy atom. The summed E-state index contributed by atoms with van der Waals surface area (Å²) in [4.78, 5) is 29.9. The van der Waals surface area contributed by atoms with Crippen LogP contribution < -0.4 is 20.1 Å². The highest BCUT2D eigenvalue weighted by atomic mass is 35.5. The molecular weight excluding hydrogens is 456 g/mol. The second kappa shape index (κ2) is 9.34. The highest BCUT2D eigenvalue weighted by Crippen LogP contribution is 2.37. The number of nitrogens with zero attached hydrogens (tertiary/aromatic N) is 3. The van der Waals surface area contributed by atoms with E-state index in [9.17, 15) is 4.79 Å². The van der Waals surface area contributed by atoms with Crippen molar-refractivity contribution in [2.24, 2.45) is 0 Å². The van der Waals surface area contributed by atoms with Crippen LogP contribution in [0.2, 0.25) is 5.02 Å². The minimum atomic E-state index is -0.939. The van der Waals surface area contributed by atoms with E-state index in [1.165, 1.54) is 0 Å². The summed E-state index contributed by atoms with van der Waals surface area (Å²) in [5.74, 6) is 1.87. The van der Waals surface area contributed by atoms with Gasteiger partial charge in [-0.15, -0.1) is 0 Å². The molecular formula is C24H31ClN6O3. The number of carbonyl (C=O) groups is 1. The van der Waals surface area contributed by atoms with Crippen molar-refractivity contribution < 1.29 is 17.1 Å². The molecule has 1 amide bonds. The Morgan fingerprint density at radius 2 is 1.88 bits per heavy atom. The maximum atomic E-state index is 12.8. The van der Waals surface area contributed by atoms with E-state index < -0.39 is 5.54 Å². The number of aromatic nitrogens is 4. The molecule has 182 valence electrons. The number of nitrogens with one attached hydrogen (secondary N) is 3. The van der Waals surface area contributed by atoms with Crippen molar-refractivity contribution in [2.45, 2.75) is 32.7 Å². The second-order valence-corrected chi connectivity index (χ2v) is 8.81. The van der Waals surface area contributed by atoms with Gasteiger partial charge in [-0.1, -0.05) is 18.5 Å². The molecule has 1 aromatic carbocycles. The zero-order valence-corrected chi connectivity index (χ0v) is 20.5. The molecule has 34 heavy (non-hydrogen) atoms. The topological polar surface area (TPSA) is 114 Å². The maximum absolute atomic E-state index is 12.8. The van der Waals surface area contributed by atoms with Crippen molar-refractivity contribution in [3.8, 4) is 22.9 Å². The van der Waals surface area contributed by atoms with Crippen LogP contribution in [-0.2, 0) is 4.79 Å². The monoisotopic (exact) mass is 486 g/mol. The average molecular weight is 487 g/mol. The van der Waals surface area contributed by atoms with Gasteiger partial charge in [-0.25, -0.2) is 15.0 Å². The van der Waals surface area contributed by atoms with E-state index in [1.54, 1.807) is 38.7 Å². The molecule has 0 unspecified atom stereocenters. The van der Waals surface area contributed by atoms with E-state index in [0.717, 1.165) is 17.4 Å². The van der Waals surface area contributed by atoms with Crippen LogP contribution in [0.5, 0.6) is 11.5 Å². The maximum Gasteiger partial charge on any atom is 0.245 e. The van der Waals surface area contributed by atoms with Crippen molar-refractivity contribution in [2.75, 3.05) is 26.1 Å². The summed E-state index contributed by atoms with van der Waals surface area (Å²) in [5, 5.41) is 8.23. The van der Waals surface area contributed by atoms with Gasteiger partial charge in [0.1, 0.15) is 17.0 Å². The molecule has 0 aliphatic heterocycles. The number of aromatic amines is 1. The molecule has 0 aliphatic carbocycles. The van der Waals surface area contributed by atoms with E-state index >= 15 is 0 Å². The number of methoxy groups -OCH3 is 2. The first kappa shape index (κ1) is 23.6. The first-order valence-corrected chi connectivity index (χ1v) is 11.3. The van der Waals surface area contributed by atoms with Crippen LogP contribution in [0.3, 0.4) is 0 Å². The molecule has 10 heteroatoms. The molecule has 4 aromatic rings.